The third-order valence-corrected chi connectivity index (χ3v) is 2.77. The van der Waals surface area contributed by atoms with Gasteiger partial charge in [-0.2, -0.15) is 0 Å². The van der Waals surface area contributed by atoms with Crippen molar-refractivity contribution in [2.24, 2.45) is 17.3 Å². The van der Waals surface area contributed by atoms with Crippen LogP contribution >= 0.6 is 0 Å². The Bertz CT molecular complexity index is 157. The molecule has 0 heterocycles. The Labute approximate surface area is 90.7 Å². The van der Waals surface area contributed by atoms with Crippen molar-refractivity contribution >= 4 is 0 Å². The van der Waals surface area contributed by atoms with Crippen LogP contribution in [0.25, 0.3) is 0 Å². The molecule has 0 bridgehead atoms. The second kappa shape index (κ2) is 4.65. The van der Waals surface area contributed by atoms with E-state index in [0.717, 1.165) is 18.4 Å². The van der Waals surface area contributed by atoms with Crippen LogP contribution in [0.1, 0.15) is 55.4 Å². The Hall–Kier alpha value is -0.0400. The summed E-state index contributed by atoms with van der Waals surface area (Å²) in [5, 5.41) is 3.61. The first-order chi connectivity index (χ1) is 6.04. The lowest BCUT2D eigenvalue weighted by atomic mass is 9.74. The molecule has 0 aliphatic carbocycles. The molecule has 0 amide bonds. The van der Waals surface area contributed by atoms with E-state index in [0.29, 0.717) is 5.41 Å². The van der Waals surface area contributed by atoms with E-state index in [9.17, 15) is 0 Å². The highest BCUT2D eigenvalue weighted by Crippen LogP contribution is 2.31. The zero-order valence-corrected chi connectivity index (χ0v) is 11.4. The van der Waals surface area contributed by atoms with Crippen LogP contribution in [0.5, 0.6) is 0 Å². The van der Waals surface area contributed by atoms with Crippen LogP contribution in [0.15, 0.2) is 0 Å². The van der Waals surface area contributed by atoms with Crippen LogP contribution in [0.4, 0.5) is 0 Å². The second-order valence-electron chi connectivity index (χ2n) is 6.85. The van der Waals surface area contributed by atoms with Crippen molar-refractivity contribution in [1.29, 1.82) is 0 Å². The number of nitrogens with one attached hydrogen (secondary N) is 1. The normalized spacial score (nSPS) is 16.1. The number of hydrogen-bond donors (Lipinski definition) is 1. The summed E-state index contributed by atoms with van der Waals surface area (Å²) in [6.45, 7) is 19.4. The predicted molar refractivity (Wildman–Crippen MR) is 65.5 cm³/mol. The summed E-state index contributed by atoms with van der Waals surface area (Å²) < 4.78 is 0. The fourth-order valence-electron chi connectivity index (χ4n) is 1.96. The van der Waals surface area contributed by atoms with Gasteiger partial charge in [-0.1, -0.05) is 34.6 Å². The summed E-state index contributed by atoms with van der Waals surface area (Å²) in [6, 6.07) is 0. The molecule has 86 valence electrons. The first-order valence-electron chi connectivity index (χ1n) is 5.79. The van der Waals surface area contributed by atoms with Crippen molar-refractivity contribution in [3.05, 3.63) is 0 Å². The topological polar surface area (TPSA) is 12.0 Å². The van der Waals surface area contributed by atoms with Crippen molar-refractivity contribution in [3.63, 3.8) is 0 Å². The molecule has 0 aliphatic heterocycles. The van der Waals surface area contributed by atoms with Crippen LogP contribution in [-0.4, -0.2) is 12.1 Å². The molecule has 0 aromatic heterocycles. The third kappa shape index (κ3) is 5.64. The molecule has 0 unspecified atom stereocenters. The van der Waals surface area contributed by atoms with E-state index in [1.807, 2.05) is 0 Å². The van der Waals surface area contributed by atoms with Gasteiger partial charge in [0.2, 0.25) is 0 Å². The van der Waals surface area contributed by atoms with Gasteiger partial charge in [0, 0.05) is 5.54 Å². The average Bonchev–Trinajstić information content (AvgIpc) is 1.79. The molecular formula is C13H29N. The van der Waals surface area contributed by atoms with Gasteiger partial charge >= 0.3 is 0 Å². The van der Waals surface area contributed by atoms with Crippen molar-refractivity contribution < 1.29 is 0 Å². The zero-order chi connectivity index (χ0) is 11.6. The second-order valence-corrected chi connectivity index (χ2v) is 6.85. The molecule has 14 heavy (non-hydrogen) atoms. The molecule has 1 N–H and O–H groups in total. The maximum atomic E-state index is 3.61. The predicted octanol–water partition coefficient (Wildman–Crippen LogP) is 3.69. The van der Waals surface area contributed by atoms with E-state index in [1.54, 1.807) is 0 Å². The third-order valence-electron chi connectivity index (χ3n) is 2.77. The first kappa shape index (κ1) is 14.0. The van der Waals surface area contributed by atoms with Gasteiger partial charge in [-0.15, -0.1) is 0 Å². The lowest BCUT2D eigenvalue weighted by Gasteiger charge is -2.36. The summed E-state index contributed by atoms with van der Waals surface area (Å²) in [4.78, 5) is 0. The highest BCUT2D eigenvalue weighted by Gasteiger charge is 2.28. The summed E-state index contributed by atoms with van der Waals surface area (Å²) >= 11 is 0. The summed E-state index contributed by atoms with van der Waals surface area (Å²) in [5.74, 6) is 1.48. The maximum absolute atomic E-state index is 3.61. The molecule has 1 nitrogen and oxygen atoms in total. The van der Waals surface area contributed by atoms with Crippen LogP contribution in [0, 0.1) is 17.3 Å². The number of hydrogen-bond acceptors (Lipinski definition) is 1. The molecule has 0 saturated carbocycles. The van der Waals surface area contributed by atoms with Gasteiger partial charge in [-0.3, -0.25) is 0 Å². The molecule has 0 aliphatic rings. The van der Waals surface area contributed by atoms with Gasteiger partial charge in [-0.05, 0) is 44.6 Å². The fraction of sp³-hybridized carbons (Fsp3) is 1.00. The molecular weight excluding hydrogens is 170 g/mol. The molecule has 0 radical (unpaired) electrons. The SMILES string of the molecule is CC(C)[C@H](CNC(C)(C)C)C(C)(C)C. The summed E-state index contributed by atoms with van der Waals surface area (Å²) in [7, 11) is 0. The Morgan fingerprint density at radius 1 is 0.929 bits per heavy atom. The van der Waals surface area contributed by atoms with Gasteiger partial charge in [-0.25, -0.2) is 0 Å². The van der Waals surface area contributed by atoms with Crippen LogP contribution in [-0.2, 0) is 0 Å². The van der Waals surface area contributed by atoms with Gasteiger partial charge in [0.25, 0.3) is 0 Å². The molecule has 0 rings (SSSR count). The van der Waals surface area contributed by atoms with Gasteiger partial charge < -0.3 is 5.32 Å². The molecule has 0 saturated heterocycles. The lowest BCUT2D eigenvalue weighted by Crippen LogP contribution is -2.43. The van der Waals surface area contributed by atoms with E-state index in [4.69, 9.17) is 0 Å². The molecule has 0 aromatic carbocycles. The zero-order valence-electron chi connectivity index (χ0n) is 11.4. The number of rotatable bonds is 3. The van der Waals surface area contributed by atoms with Gasteiger partial charge in [0.1, 0.15) is 0 Å². The van der Waals surface area contributed by atoms with Crippen molar-refractivity contribution in [2.75, 3.05) is 6.54 Å². The van der Waals surface area contributed by atoms with E-state index in [1.165, 1.54) is 0 Å². The van der Waals surface area contributed by atoms with E-state index in [2.05, 4.69) is 60.7 Å². The highest BCUT2D eigenvalue weighted by atomic mass is 14.9. The van der Waals surface area contributed by atoms with E-state index >= 15 is 0 Å². The monoisotopic (exact) mass is 199 g/mol. The molecule has 0 spiro atoms. The lowest BCUT2D eigenvalue weighted by molar-refractivity contribution is 0.162. The van der Waals surface area contributed by atoms with Crippen LogP contribution in [0.3, 0.4) is 0 Å². The largest absolute Gasteiger partial charge is 0.312 e. The Balaban J connectivity index is 4.27. The molecule has 1 heteroatoms. The van der Waals surface area contributed by atoms with E-state index in [-0.39, 0.29) is 5.54 Å². The minimum Gasteiger partial charge on any atom is -0.312 e. The van der Waals surface area contributed by atoms with Gasteiger partial charge in [0.05, 0.1) is 0 Å². The quantitative estimate of drug-likeness (QED) is 0.731. The minimum absolute atomic E-state index is 0.235. The molecule has 0 aromatic rings. The Morgan fingerprint density at radius 2 is 1.36 bits per heavy atom. The van der Waals surface area contributed by atoms with Crippen molar-refractivity contribution in [1.82, 2.24) is 5.32 Å². The summed E-state index contributed by atoms with van der Waals surface area (Å²) in [5.41, 5.74) is 0.630. The minimum atomic E-state index is 0.235. The Kier molecular flexibility index (Phi) is 4.64. The van der Waals surface area contributed by atoms with Crippen molar-refractivity contribution in [3.8, 4) is 0 Å². The van der Waals surface area contributed by atoms with E-state index < -0.39 is 0 Å². The molecule has 0 fully saturated rings. The average molecular weight is 199 g/mol. The summed E-state index contributed by atoms with van der Waals surface area (Å²) in [6.07, 6.45) is 0. The highest BCUT2D eigenvalue weighted by molar-refractivity contribution is 4.81. The Morgan fingerprint density at radius 3 is 1.57 bits per heavy atom. The van der Waals surface area contributed by atoms with Crippen LogP contribution in [0.2, 0.25) is 0 Å². The fourth-order valence-corrected chi connectivity index (χ4v) is 1.96. The first-order valence-corrected chi connectivity index (χ1v) is 5.79. The van der Waals surface area contributed by atoms with Gasteiger partial charge in [0.15, 0.2) is 0 Å². The van der Waals surface area contributed by atoms with Crippen molar-refractivity contribution in [2.45, 2.75) is 60.9 Å². The smallest absolute Gasteiger partial charge is 0.00966 e. The standard InChI is InChI=1S/C13H29N/c1-10(2)11(12(3,4)5)9-14-13(6,7)8/h10-11,14H,9H2,1-8H3/t11-/m0/s1. The van der Waals surface area contributed by atoms with Crippen LogP contribution < -0.4 is 5.32 Å². The maximum Gasteiger partial charge on any atom is 0.00966 e. The molecule has 1 atom stereocenters.